The molecule has 1 rings (SSSR count). The molecule has 0 N–H and O–H groups in total. The van der Waals surface area contributed by atoms with Gasteiger partial charge in [0.05, 0.1) is 0 Å². The van der Waals surface area contributed by atoms with Gasteiger partial charge in [-0.05, 0) is 12.8 Å². The standard InChI is InChI=1S/C9H12BrCl3/c10-8-4-2-1-3-7(5-6-8)9(11,12)13/h5-8H,1-4H2/b6-5-. The van der Waals surface area contributed by atoms with E-state index in [0.717, 1.165) is 12.8 Å². The molecular weight excluding hydrogens is 294 g/mol. The van der Waals surface area contributed by atoms with Crippen molar-refractivity contribution in [1.82, 2.24) is 0 Å². The van der Waals surface area contributed by atoms with Gasteiger partial charge in [-0.25, -0.2) is 0 Å². The van der Waals surface area contributed by atoms with Crippen LogP contribution in [0.1, 0.15) is 25.7 Å². The van der Waals surface area contributed by atoms with Gasteiger partial charge in [-0.2, -0.15) is 0 Å². The molecular formula is C9H12BrCl3. The maximum atomic E-state index is 5.85. The molecule has 0 amide bonds. The van der Waals surface area contributed by atoms with Crippen LogP contribution in [0.3, 0.4) is 0 Å². The lowest BCUT2D eigenvalue weighted by Gasteiger charge is -2.23. The van der Waals surface area contributed by atoms with Gasteiger partial charge in [0.2, 0.25) is 0 Å². The van der Waals surface area contributed by atoms with Crippen LogP contribution in [0.5, 0.6) is 0 Å². The maximum absolute atomic E-state index is 5.85. The van der Waals surface area contributed by atoms with Crippen LogP contribution >= 0.6 is 50.7 Å². The summed E-state index contributed by atoms with van der Waals surface area (Å²) >= 11 is 21.1. The highest BCUT2D eigenvalue weighted by molar-refractivity contribution is 9.09. The molecule has 0 saturated carbocycles. The second-order valence-corrected chi connectivity index (χ2v) is 6.88. The Morgan fingerprint density at radius 3 is 2.31 bits per heavy atom. The van der Waals surface area contributed by atoms with Gasteiger partial charge in [0.1, 0.15) is 0 Å². The zero-order chi connectivity index (χ0) is 9.90. The first-order valence-corrected chi connectivity index (χ1v) is 6.44. The Morgan fingerprint density at radius 1 is 1.08 bits per heavy atom. The van der Waals surface area contributed by atoms with Gasteiger partial charge in [0, 0.05) is 10.7 Å². The van der Waals surface area contributed by atoms with E-state index < -0.39 is 3.79 Å². The van der Waals surface area contributed by atoms with Gasteiger partial charge in [-0.15, -0.1) is 0 Å². The first-order valence-electron chi connectivity index (χ1n) is 4.39. The molecule has 13 heavy (non-hydrogen) atoms. The fraction of sp³-hybridized carbons (Fsp3) is 0.778. The minimum absolute atomic E-state index is 0.0536. The molecule has 0 bridgehead atoms. The van der Waals surface area contributed by atoms with Crippen LogP contribution in [-0.2, 0) is 0 Å². The van der Waals surface area contributed by atoms with E-state index >= 15 is 0 Å². The Labute approximate surface area is 103 Å². The van der Waals surface area contributed by atoms with Gasteiger partial charge in [0.15, 0.2) is 3.79 Å². The Kier molecular flexibility index (Phi) is 4.91. The molecule has 1 aliphatic carbocycles. The number of halogens is 4. The third kappa shape index (κ3) is 4.42. The summed E-state index contributed by atoms with van der Waals surface area (Å²) < 4.78 is -1.15. The zero-order valence-electron chi connectivity index (χ0n) is 7.15. The third-order valence-corrected chi connectivity index (χ3v) is 3.82. The van der Waals surface area contributed by atoms with E-state index in [1.54, 1.807) is 0 Å². The van der Waals surface area contributed by atoms with Gasteiger partial charge in [-0.1, -0.05) is 75.7 Å². The zero-order valence-corrected chi connectivity index (χ0v) is 11.0. The average Bonchev–Trinajstić information content (AvgIpc) is 1.94. The minimum atomic E-state index is -1.15. The fourth-order valence-electron chi connectivity index (χ4n) is 1.42. The molecule has 0 aliphatic heterocycles. The molecule has 0 nitrogen and oxygen atoms in total. The van der Waals surface area contributed by atoms with Crippen LogP contribution in [0, 0.1) is 5.92 Å². The van der Waals surface area contributed by atoms with E-state index in [0.29, 0.717) is 4.83 Å². The van der Waals surface area contributed by atoms with Crippen molar-refractivity contribution in [2.75, 3.05) is 0 Å². The van der Waals surface area contributed by atoms with Crippen molar-refractivity contribution in [2.45, 2.75) is 34.3 Å². The molecule has 2 atom stereocenters. The molecule has 0 saturated heterocycles. The molecule has 0 aromatic rings. The summed E-state index contributed by atoms with van der Waals surface area (Å²) in [5.41, 5.74) is 0. The van der Waals surface area contributed by atoms with E-state index in [1.165, 1.54) is 12.8 Å². The second-order valence-electron chi connectivity index (χ2n) is 3.33. The largest absolute Gasteiger partial charge is 0.196 e. The molecule has 0 fully saturated rings. The molecule has 76 valence electrons. The smallest absolute Gasteiger partial charge is 0.0845 e. The summed E-state index contributed by atoms with van der Waals surface area (Å²) in [6.07, 6.45) is 8.57. The Morgan fingerprint density at radius 2 is 1.69 bits per heavy atom. The van der Waals surface area contributed by atoms with E-state index in [-0.39, 0.29) is 5.92 Å². The molecule has 1 aliphatic rings. The van der Waals surface area contributed by atoms with E-state index in [2.05, 4.69) is 22.0 Å². The quantitative estimate of drug-likeness (QED) is 0.442. The van der Waals surface area contributed by atoms with Crippen molar-refractivity contribution >= 4 is 50.7 Å². The molecule has 0 aromatic heterocycles. The predicted octanol–water partition coefficient (Wildman–Crippen LogP) is 4.87. The average molecular weight is 306 g/mol. The van der Waals surface area contributed by atoms with Crippen LogP contribution in [0.2, 0.25) is 0 Å². The number of hydrogen-bond acceptors (Lipinski definition) is 0. The lowest BCUT2D eigenvalue weighted by molar-refractivity contribution is 0.530. The Balaban J connectivity index is 2.63. The summed E-state index contributed by atoms with van der Waals surface area (Å²) in [6.45, 7) is 0. The summed E-state index contributed by atoms with van der Waals surface area (Å²) in [7, 11) is 0. The van der Waals surface area contributed by atoms with Gasteiger partial charge in [0.25, 0.3) is 0 Å². The molecule has 0 heterocycles. The van der Waals surface area contributed by atoms with Crippen molar-refractivity contribution in [3.63, 3.8) is 0 Å². The highest BCUT2D eigenvalue weighted by atomic mass is 79.9. The number of allylic oxidation sites excluding steroid dienone is 2. The topological polar surface area (TPSA) is 0 Å². The molecule has 4 heteroatoms. The number of hydrogen-bond donors (Lipinski definition) is 0. The minimum Gasteiger partial charge on any atom is -0.0845 e. The van der Waals surface area contributed by atoms with E-state index in [9.17, 15) is 0 Å². The van der Waals surface area contributed by atoms with E-state index in [4.69, 9.17) is 34.8 Å². The summed E-state index contributed by atoms with van der Waals surface area (Å²) in [5.74, 6) is 0.0536. The van der Waals surface area contributed by atoms with Crippen molar-refractivity contribution in [3.8, 4) is 0 Å². The second kappa shape index (κ2) is 5.25. The van der Waals surface area contributed by atoms with Crippen LogP contribution < -0.4 is 0 Å². The monoisotopic (exact) mass is 304 g/mol. The lowest BCUT2D eigenvalue weighted by atomic mass is 9.98. The van der Waals surface area contributed by atoms with Crippen molar-refractivity contribution in [1.29, 1.82) is 0 Å². The van der Waals surface area contributed by atoms with Crippen LogP contribution in [0.4, 0.5) is 0 Å². The molecule has 0 aromatic carbocycles. The van der Waals surface area contributed by atoms with Crippen LogP contribution in [-0.4, -0.2) is 8.62 Å². The Hall–Kier alpha value is 1.09. The summed E-state index contributed by atoms with van der Waals surface area (Å²) in [6, 6.07) is 0. The highest BCUT2D eigenvalue weighted by Gasteiger charge is 2.30. The van der Waals surface area contributed by atoms with E-state index in [1.807, 2.05) is 6.08 Å². The van der Waals surface area contributed by atoms with Crippen molar-refractivity contribution < 1.29 is 0 Å². The highest BCUT2D eigenvalue weighted by Crippen LogP contribution is 2.39. The van der Waals surface area contributed by atoms with Gasteiger partial charge < -0.3 is 0 Å². The maximum Gasteiger partial charge on any atom is 0.196 e. The summed E-state index contributed by atoms with van der Waals surface area (Å²) in [4.78, 5) is 0.433. The molecule has 0 radical (unpaired) electrons. The third-order valence-electron chi connectivity index (χ3n) is 2.22. The van der Waals surface area contributed by atoms with Crippen LogP contribution in [0.15, 0.2) is 12.2 Å². The molecule has 2 unspecified atom stereocenters. The van der Waals surface area contributed by atoms with Crippen LogP contribution in [0.25, 0.3) is 0 Å². The first-order chi connectivity index (χ1) is 6.00. The normalized spacial score (nSPS) is 33.5. The predicted molar refractivity (Wildman–Crippen MR) is 64.1 cm³/mol. The Bertz CT molecular complexity index is 186. The fourth-order valence-corrected chi connectivity index (χ4v) is 2.47. The number of rotatable bonds is 0. The van der Waals surface area contributed by atoms with Gasteiger partial charge >= 0.3 is 0 Å². The first kappa shape index (κ1) is 12.2. The van der Waals surface area contributed by atoms with Crippen molar-refractivity contribution in [3.05, 3.63) is 12.2 Å². The SMILES string of the molecule is ClC(Cl)(Cl)C1/C=C\C(Br)CCCC1. The molecule has 0 spiro atoms. The number of alkyl halides is 4. The van der Waals surface area contributed by atoms with Gasteiger partial charge in [-0.3, -0.25) is 0 Å². The summed E-state index contributed by atoms with van der Waals surface area (Å²) in [5, 5.41) is 0. The van der Waals surface area contributed by atoms with Crippen molar-refractivity contribution in [2.24, 2.45) is 5.92 Å². The lowest BCUT2D eigenvalue weighted by Crippen LogP contribution is -2.18.